The number of ketones is 1. The van der Waals surface area contributed by atoms with Gasteiger partial charge >= 0.3 is 0 Å². The number of benzene rings is 1. The molecule has 0 saturated heterocycles. The number of pyridine rings is 2. The van der Waals surface area contributed by atoms with Crippen molar-refractivity contribution in [2.24, 2.45) is 0 Å². The largest absolute Gasteiger partial charge is 0.497 e. The van der Waals surface area contributed by atoms with E-state index < -0.39 is 0 Å². The van der Waals surface area contributed by atoms with Crippen molar-refractivity contribution in [2.75, 3.05) is 14.2 Å². The van der Waals surface area contributed by atoms with E-state index >= 15 is 0 Å². The molecule has 2 aliphatic heterocycles. The SMILES string of the molecule is COc1ccc(CN2C(=O)C3=C(C2=O)c2cn(c4ncccc24)CCCCC(=O)CCCCn2cc3c3cccnc32)c(OC)c1. The Bertz CT molecular complexity index is 1920. The Labute approximate surface area is 266 Å². The highest BCUT2D eigenvalue weighted by molar-refractivity contribution is 6.50. The molecule has 0 fully saturated rings. The number of amides is 2. The molecule has 5 aromatic rings. The van der Waals surface area contributed by atoms with E-state index in [-0.39, 0.29) is 24.1 Å². The summed E-state index contributed by atoms with van der Waals surface area (Å²) in [4.78, 5) is 52.4. The number of nitrogens with zero attached hydrogens (tertiary/aromatic N) is 5. The third-order valence-corrected chi connectivity index (χ3v) is 9.01. The molecule has 4 aromatic heterocycles. The summed E-state index contributed by atoms with van der Waals surface area (Å²) in [5.74, 6) is 0.658. The van der Waals surface area contributed by atoms with Crippen LogP contribution in [0.1, 0.15) is 55.2 Å². The molecule has 0 unspecified atom stereocenters. The highest BCUT2D eigenvalue weighted by atomic mass is 16.5. The average molecular weight is 618 g/mol. The topological polar surface area (TPSA) is 109 Å². The lowest BCUT2D eigenvalue weighted by Crippen LogP contribution is -2.31. The molecule has 10 heteroatoms. The maximum Gasteiger partial charge on any atom is 0.262 e. The Morgan fingerprint density at radius 1 is 0.717 bits per heavy atom. The Morgan fingerprint density at radius 3 is 1.80 bits per heavy atom. The summed E-state index contributed by atoms with van der Waals surface area (Å²) in [5, 5.41) is 1.58. The zero-order valence-electron chi connectivity index (χ0n) is 26.0. The van der Waals surface area contributed by atoms with Crippen molar-refractivity contribution >= 4 is 50.8 Å². The number of hydrogen-bond donors (Lipinski definition) is 0. The lowest BCUT2D eigenvalue weighted by atomic mass is 9.96. The fourth-order valence-electron chi connectivity index (χ4n) is 6.69. The fraction of sp³-hybridized carbons (Fsp3) is 0.306. The Kier molecular flexibility index (Phi) is 7.86. The molecular weight excluding hydrogens is 582 g/mol. The van der Waals surface area contributed by atoms with Crippen LogP contribution >= 0.6 is 0 Å². The van der Waals surface area contributed by atoms with Crippen molar-refractivity contribution in [1.29, 1.82) is 0 Å². The van der Waals surface area contributed by atoms with Gasteiger partial charge in [0.15, 0.2) is 0 Å². The van der Waals surface area contributed by atoms with Crippen LogP contribution in [0, 0.1) is 0 Å². The molecule has 2 aliphatic rings. The van der Waals surface area contributed by atoms with E-state index in [9.17, 15) is 14.4 Å². The first-order valence-corrected chi connectivity index (χ1v) is 15.7. The third-order valence-electron chi connectivity index (χ3n) is 9.01. The van der Waals surface area contributed by atoms with Gasteiger partial charge in [0.25, 0.3) is 11.8 Å². The summed E-state index contributed by atoms with van der Waals surface area (Å²) in [6, 6.07) is 12.9. The van der Waals surface area contributed by atoms with Crippen LogP contribution in [0.25, 0.3) is 33.2 Å². The number of fused-ring (bicyclic) bond motifs is 12. The van der Waals surface area contributed by atoms with E-state index in [1.807, 2.05) is 51.9 Å². The highest BCUT2D eigenvalue weighted by Crippen LogP contribution is 2.42. The number of rotatable bonds is 4. The molecular formula is C36H35N5O5. The first-order valence-electron chi connectivity index (χ1n) is 15.7. The predicted molar refractivity (Wildman–Crippen MR) is 174 cm³/mol. The second-order valence-corrected chi connectivity index (χ2v) is 11.8. The van der Waals surface area contributed by atoms with Crippen LogP contribution in [0.2, 0.25) is 0 Å². The maximum atomic E-state index is 14.6. The monoisotopic (exact) mass is 617 g/mol. The summed E-state index contributed by atoms with van der Waals surface area (Å²) >= 11 is 0. The lowest BCUT2D eigenvalue weighted by Gasteiger charge is -2.18. The molecule has 7 rings (SSSR count). The number of Topliss-reactive ketones (excluding diaryl/α,β-unsaturated/α-hetero) is 1. The molecule has 0 atom stereocenters. The fourth-order valence-corrected chi connectivity index (χ4v) is 6.69. The van der Waals surface area contributed by atoms with Crippen LogP contribution in [0.5, 0.6) is 11.5 Å². The van der Waals surface area contributed by atoms with Crippen LogP contribution in [-0.4, -0.2) is 55.8 Å². The number of imide groups is 1. The normalized spacial score (nSPS) is 16.3. The van der Waals surface area contributed by atoms with Gasteiger partial charge < -0.3 is 18.6 Å². The van der Waals surface area contributed by atoms with Crippen LogP contribution in [0.3, 0.4) is 0 Å². The van der Waals surface area contributed by atoms with Gasteiger partial charge in [-0.3, -0.25) is 19.3 Å². The number of carbonyl (C=O) groups excluding carboxylic acids is 3. The smallest absolute Gasteiger partial charge is 0.262 e. The molecule has 1 aromatic carbocycles. The number of hydrogen-bond acceptors (Lipinski definition) is 7. The number of aryl methyl sites for hydroxylation is 2. The average Bonchev–Trinajstić information content (AvgIpc) is 3.70. The van der Waals surface area contributed by atoms with Gasteiger partial charge in [-0.05, 0) is 62.1 Å². The Balaban J connectivity index is 1.43. The Hall–Kier alpha value is -5.25. The Morgan fingerprint density at radius 2 is 1.28 bits per heavy atom. The minimum absolute atomic E-state index is 0.0274. The zero-order chi connectivity index (χ0) is 31.8. The second-order valence-electron chi connectivity index (χ2n) is 11.8. The van der Waals surface area contributed by atoms with Gasteiger partial charge in [0, 0.05) is 84.2 Å². The van der Waals surface area contributed by atoms with Crippen LogP contribution in [-0.2, 0) is 34.0 Å². The summed E-state index contributed by atoms with van der Waals surface area (Å²) in [6.07, 6.45) is 11.6. The van der Waals surface area contributed by atoms with Gasteiger partial charge in [-0.1, -0.05) is 0 Å². The van der Waals surface area contributed by atoms with Crippen molar-refractivity contribution in [1.82, 2.24) is 24.0 Å². The first-order chi connectivity index (χ1) is 22.5. The predicted octanol–water partition coefficient (Wildman–Crippen LogP) is 5.81. The van der Waals surface area contributed by atoms with Crippen molar-refractivity contribution in [3.8, 4) is 11.5 Å². The molecule has 0 aliphatic carbocycles. The minimum Gasteiger partial charge on any atom is -0.497 e. The van der Waals surface area contributed by atoms with Crippen molar-refractivity contribution < 1.29 is 23.9 Å². The molecule has 4 bridgehead atoms. The molecule has 6 heterocycles. The third kappa shape index (κ3) is 5.13. The standard InChI is InChI=1S/C36H35N5O5/c1-45-25-14-13-23(30(19-25)46-2)20-41-35(43)31-28-21-39(33-26(28)11-7-15-37-33)17-5-3-9-24(42)10-4-6-18-40-22-29(32(31)36(41)44)27-12-8-16-38-34(27)40/h7-8,11-16,19,21-22H,3-6,9-10,17-18,20H2,1-2H3. The van der Waals surface area contributed by atoms with Gasteiger partial charge in [0.1, 0.15) is 28.6 Å². The minimum atomic E-state index is -0.380. The lowest BCUT2D eigenvalue weighted by molar-refractivity contribution is -0.136. The molecule has 0 N–H and O–H groups in total. The van der Waals surface area contributed by atoms with E-state index in [0.717, 1.165) is 47.8 Å². The van der Waals surface area contributed by atoms with Crippen molar-refractivity contribution in [3.05, 3.63) is 83.9 Å². The van der Waals surface area contributed by atoms with Crippen molar-refractivity contribution in [3.63, 3.8) is 0 Å². The van der Waals surface area contributed by atoms with E-state index in [2.05, 4.69) is 9.97 Å². The second kappa shape index (κ2) is 12.3. The quantitative estimate of drug-likeness (QED) is 0.234. The summed E-state index contributed by atoms with van der Waals surface area (Å²) in [5.41, 5.74) is 4.15. The summed E-state index contributed by atoms with van der Waals surface area (Å²) in [6.45, 7) is 1.31. The van der Waals surface area contributed by atoms with E-state index in [1.54, 1.807) is 38.7 Å². The van der Waals surface area contributed by atoms with Gasteiger partial charge in [-0.25, -0.2) is 9.97 Å². The van der Waals surface area contributed by atoms with Gasteiger partial charge in [-0.15, -0.1) is 0 Å². The molecule has 0 spiro atoms. The first kappa shape index (κ1) is 29.5. The zero-order valence-corrected chi connectivity index (χ0v) is 26.0. The van der Waals surface area contributed by atoms with Gasteiger partial charge in [0.2, 0.25) is 0 Å². The molecule has 46 heavy (non-hydrogen) atoms. The maximum absolute atomic E-state index is 14.6. The van der Waals surface area contributed by atoms with E-state index in [1.165, 1.54) is 4.90 Å². The van der Waals surface area contributed by atoms with Crippen LogP contribution < -0.4 is 9.47 Å². The van der Waals surface area contributed by atoms with Crippen LogP contribution in [0.15, 0.2) is 67.3 Å². The highest BCUT2D eigenvalue weighted by Gasteiger charge is 2.42. The molecule has 234 valence electrons. The molecule has 0 radical (unpaired) electrons. The van der Waals surface area contributed by atoms with E-state index in [4.69, 9.17) is 9.47 Å². The van der Waals surface area contributed by atoms with Crippen molar-refractivity contribution in [2.45, 2.75) is 58.2 Å². The molecule has 0 saturated carbocycles. The van der Waals surface area contributed by atoms with E-state index in [0.29, 0.717) is 65.3 Å². The summed E-state index contributed by atoms with van der Waals surface area (Å²) in [7, 11) is 3.13. The number of aromatic nitrogens is 4. The summed E-state index contributed by atoms with van der Waals surface area (Å²) < 4.78 is 15.1. The van der Waals surface area contributed by atoms with Gasteiger partial charge in [-0.2, -0.15) is 0 Å². The van der Waals surface area contributed by atoms with Crippen LogP contribution in [0.4, 0.5) is 0 Å². The van der Waals surface area contributed by atoms with Gasteiger partial charge in [0.05, 0.1) is 31.9 Å². The molecule has 2 amide bonds. The number of carbonyl (C=O) groups is 3. The number of ether oxygens (including phenoxy) is 2. The number of methoxy groups -OCH3 is 2. The molecule has 10 nitrogen and oxygen atoms in total.